The third-order valence-electron chi connectivity index (χ3n) is 6.27. The number of amides is 1. The second-order valence-corrected chi connectivity index (χ2v) is 8.49. The molecule has 1 aliphatic rings. The predicted molar refractivity (Wildman–Crippen MR) is 140 cm³/mol. The van der Waals surface area contributed by atoms with E-state index in [4.69, 9.17) is 9.47 Å². The van der Waals surface area contributed by atoms with Gasteiger partial charge in [-0.15, -0.1) is 0 Å². The van der Waals surface area contributed by atoms with Crippen molar-refractivity contribution in [1.29, 1.82) is 0 Å². The number of benzene rings is 3. The third-order valence-corrected chi connectivity index (χ3v) is 6.27. The van der Waals surface area contributed by atoms with E-state index in [0.29, 0.717) is 16.5 Å². The summed E-state index contributed by atoms with van der Waals surface area (Å²) in [5.74, 6) is 5.11. The molecule has 0 aliphatic heterocycles. The van der Waals surface area contributed by atoms with Crippen molar-refractivity contribution >= 4 is 23.0 Å². The lowest BCUT2D eigenvalue weighted by atomic mass is 9.98. The van der Waals surface area contributed by atoms with Gasteiger partial charge in [0, 0.05) is 28.6 Å². The fourth-order valence-electron chi connectivity index (χ4n) is 4.57. The lowest BCUT2D eigenvalue weighted by Gasteiger charge is -2.14. The van der Waals surface area contributed by atoms with Gasteiger partial charge in [-0.2, -0.15) is 0 Å². The summed E-state index contributed by atoms with van der Waals surface area (Å²) in [6.07, 6.45) is 0.803. The second-order valence-electron chi connectivity index (χ2n) is 8.49. The zero-order chi connectivity index (χ0) is 25.8. The van der Waals surface area contributed by atoms with Crippen molar-refractivity contribution in [1.82, 2.24) is 10.3 Å². The molecule has 0 spiro atoms. The Kier molecular flexibility index (Phi) is 6.73. The van der Waals surface area contributed by atoms with Crippen LogP contribution in [0.1, 0.15) is 39.9 Å². The summed E-state index contributed by atoms with van der Waals surface area (Å²) in [6, 6.07) is 21.4. The normalized spacial score (nSPS) is 11.7. The minimum absolute atomic E-state index is 0.0144. The van der Waals surface area contributed by atoms with Crippen LogP contribution in [0.15, 0.2) is 77.7 Å². The maximum absolute atomic E-state index is 12.7. The Morgan fingerprint density at radius 3 is 2.38 bits per heavy atom. The zero-order valence-corrected chi connectivity index (χ0v) is 20.2. The molecule has 37 heavy (non-hydrogen) atoms. The molecule has 4 aromatic rings. The van der Waals surface area contributed by atoms with Crippen LogP contribution in [0.4, 0.5) is 4.79 Å². The monoisotopic (exact) mass is 492 g/mol. The molecule has 0 fully saturated rings. The van der Waals surface area contributed by atoms with Gasteiger partial charge >= 0.3 is 12.1 Å². The van der Waals surface area contributed by atoms with Gasteiger partial charge in [0.05, 0.1) is 13.2 Å². The molecule has 2 N–H and O–H groups in total. The summed E-state index contributed by atoms with van der Waals surface area (Å²) in [7, 11) is 0. The first-order valence-corrected chi connectivity index (χ1v) is 12.0. The average molecular weight is 493 g/mol. The number of fused-ring (bicyclic) bond motifs is 4. The highest BCUT2D eigenvalue weighted by Crippen LogP contribution is 2.44. The molecule has 5 rings (SSSR count). The predicted octanol–water partition coefficient (Wildman–Crippen LogP) is 4.60. The van der Waals surface area contributed by atoms with E-state index in [2.05, 4.69) is 46.4 Å². The van der Waals surface area contributed by atoms with Gasteiger partial charge in [0.1, 0.15) is 12.2 Å². The molecule has 1 amide bonds. The smallest absolute Gasteiger partial charge is 0.407 e. The van der Waals surface area contributed by atoms with Gasteiger partial charge in [0.25, 0.3) is 0 Å². The first kappa shape index (κ1) is 23.9. The molecule has 0 radical (unpaired) electrons. The summed E-state index contributed by atoms with van der Waals surface area (Å²) in [5, 5.41) is 2.98. The van der Waals surface area contributed by atoms with Crippen molar-refractivity contribution in [2.75, 3.05) is 19.8 Å². The third kappa shape index (κ3) is 4.82. The Bertz CT molecular complexity index is 1580. The van der Waals surface area contributed by atoms with Crippen molar-refractivity contribution in [2.24, 2.45) is 0 Å². The van der Waals surface area contributed by atoms with Crippen LogP contribution in [-0.2, 0) is 9.47 Å². The number of hydrogen-bond acceptors (Lipinski definition) is 5. The SMILES string of the molecule is CCOC(=O)c1c[nH]c2ccc(C#CCNC(=O)OCC3c4ccccc4-c4ccccc43)cc2c1=O. The Hall–Kier alpha value is -4.83. The van der Waals surface area contributed by atoms with Crippen molar-refractivity contribution in [3.63, 3.8) is 0 Å². The second kappa shape index (κ2) is 10.4. The summed E-state index contributed by atoms with van der Waals surface area (Å²) < 4.78 is 10.5. The number of aromatic amines is 1. The van der Waals surface area contributed by atoms with Crippen LogP contribution in [-0.4, -0.2) is 36.8 Å². The Morgan fingerprint density at radius 2 is 1.68 bits per heavy atom. The van der Waals surface area contributed by atoms with Crippen LogP contribution in [0.5, 0.6) is 0 Å². The standard InChI is InChI=1S/C30H24N2O5/c1-2-36-29(34)25-17-32-27-14-13-19(16-24(27)28(25)33)8-7-15-31-30(35)37-18-26-22-11-5-3-9-20(22)21-10-4-6-12-23(21)26/h3-6,9-14,16-17,26H,2,15,18H2,1H3,(H,31,35)(H,32,33). The lowest BCUT2D eigenvalue weighted by molar-refractivity contribution is 0.0524. The highest BCUT2D eigenvalue weighted by Gasteiger charge is 2.28. The zero-order valence-electron chi connectivity index (χ0n) is 20.2. The maximum Gasteiger partial charge on any atom is 0.407 e. The molecule has 184 valence electrons. The molecule has 1 aromatic heterocycles. The summed E-state index contributed by atoms with van der Waals surface area (Å²) in [4.78, 5) is 40.0. The number of pyridine rings is 1. The number of nitrogens with one attached hydrogen (secondary N) is 2. The molecule has 0 saturated heterocycles. The van der Waals surface area contributed by atoms with Crippen molar-refractivity contribution < 1.29 is 19.1 Å². The average Bonchev–Trinajstić information content (AvgIpc) is 3.24. The number of carbonyl (C=O) groups is 2. The molecule has 3 aromatic carbocycles. The molecule has 7 nitrogen and oxygen atoms in total. The minimum atomic E-state index is -0.672. The van der Waals surface area contributed by atoms with E-state index in [-0.39, 0.29) is 31.2 Å². The van der Waals surface area contributed by atoms with Crippen molar-refractivity contribution in [3.8, 4) is 23.0 Å². The number of hydrogen-bond donors (Lipinski definition) is 2. The minimum Gasteiger partial charge on any atom is -0.462 e. The number of carbonyl (C=O) groups excluding carboxylic acids is 2. The molecule has 0 unspecified atom stereocenters. The van der Waals surface area contributed by atoms with Gasteiger partial charge in [-0.1, -0.05) is 60.4 Å². The maximum atomic E-state index is 12.7. The van der Waals surface area contributed by atoms with Gasteiger partial charge in [0.2, 0.25) is 5.43 Å². The van der Waals surface area contributed by atoms with Crippen LogP contribution in [0.3, 0.4) is 0 Å². The quantitative estimate of drug-likeness (QED) is 0.314. The van der Waals surface area contributed by atoms with Gasteiger partial charge in [-0.25, -0.2) is 9.59 Å². The Morgan fingerprint density at radius 1 is 0.973 bits per heavy atom. The number of rotatable bonds is 5. The van der Waals surface area contributed by atoms with Gasteiger partial charge in [-0.3, -0.25) is 4.79 Å². The molecular weight excluding hydrogens is 468 g/mol. The van der Waals surface area contributed by atoms with Gasteiger partial charge in [0.15, 0.2) is 0 Å². The molecule has 1 heterocycles. The van der Waals surface area contributed by atoms with E-state index >= 15 is 0 Å². The Labute approximate surface area is 213 Å². The fraction of sp³-hybridized carbons (Fsp3) is 0.167. The van der Waals surface area contributed by atoms with Crippen LogP contribution < -0.4 is 10.7 Å². The van der Waals surface area contributed by atoms with E-state index in [1.54, 1.807) is 25.1 Å². The first-order valence-electron chi connectivity index (χ1n) is 12.0. The van der Waals surface area contributed by atoms with Crippen LogP contribution in [0.25, 0.3) is 22.0 Å². The van der Waals surface area contributed by atoms with E-state index in [0.717, 1.165) is 11.1 Å². The number of aromatic nitrogens is 1. The fourth-order valence-corrected chi connectivity index (χ4v) is 4.57. The lowest BCUT2D eigenvalue weighted by Crippen LogP contribution is -2.26. The van der Waals surface area contributed by atoms with Gasteiger partial charge in [-0.05, 0) is 47.4 Å². The van der Waals surface area contributed by atoms with Crippen molar-refractivity contribution in [3.05, 3.63) is 105 Å². The number of alkyl carbamates (subject to hydrolysis) is 1. The Balaban J connectivity index is 1.21. The summed E-state index contributed by atoms with van der Waals surface area (Å²) in [6.45, 7) is 2.16. The van der Waals surface area contributed by atoms with Crippen LogP contribution >= 0.6 is 0 Å². The van der Waals surface area contributed by atoms with E-state index in [9.17, 15) is 14.4 Å². The van der Waals surface area contributed by atoms with Crippen LogP contribution in [0.2, 0.25) is 0 Å². The summed E-state index contributed by atoms with van der Waals surface area (Å²) >= 11 is 0. The number of esters is 1. The topological polar surface area (TPSA) is 97.5 Å². The van der Waals surface area contributed by atoms with Crippen molar-refractivity contribution in [2.45, 2.75) is 12.8 Å². The molecule has 0 atom stereocenters. The number of H-pyrrole nitrogens is 1. The highest BCUT2D eigenvalue weighted by atomic mass is 16.5. The largest absolute Gasteiger partial charge is 0.462 e. The van der Waals surface area contributed by atoms with E-state index < -0.39 is 17.5 Å². The van der Waals surface area contributed by atoms with E-state index in [1.807, 2.05) is 24.3 Å². The first-order chi connectivity index (χ1) is 18.1. The molecule has 0 bridgehead atoms. The van der Waals surface area contributed by atoms with Gasteiger partial charge < -0.3 is 19.8 Å². The number of ether oxygens (including phenoxy) is 2. The molecular formula is C30H24N2O5. The van der Waals surface area contributed by atoms with E-state index in [1.165, 1.54) is 17.3 Å². The summed E-state index contributed by atoms with van der Waals surface area (Å²) in [5.41, 5.74) is 5.31. The van der Waals surface area contributed by atoms with Crippen LogP contribution in [0, 0.1) is 11.8 Å². The molecule has 7 heteroatoms. The highest BCUT2D eigenvalue weighted by molar-refractivity contribution is 5.93. The molecule has 1 aliphatic carbocycles. The molecule has 0 saturated carbocycles.